The van der Waals surface area contributed by atoms with E-state index in [4.69, 9.17) is 5.11 Å². The summed E-state index contributed by atoms with van der Waals surface area (Å²) in [5.41, 5.74) is 1.72. The summed E-state index contributed by atoms with van der Waals surface area (Å²) in [5, 5.41) is 12.6. The molecule has 66 valence electrons. The first kappa shape index (κ1) is 7.79. The SMILES string of the molecule is O=C(O)Cc1ccc2ccnn2c1. The summed E-state index contributed by atoms with van der Waals surface area (Å²) in [5.74, 6) is -0.827. The second-order valence-corrected chi connectivity index (χ2v) is 2.81. The lowest BCUT2D eigenvalue weighted by Gasteiger charge is -1.97. The zero-order valence-corrected chi connectivity index (χ0v) is 6.84. The summed E-state index contributed by atoms with van der Waals surface area (Å²) in [4.78, 5) is 10.4. The van der Waals surface area contributed by atoms with E-state index in [1.165, 1.54) is 0 Å². The van der Waals surface area contributed by atoms with E-state index in [9.17, 15) is 4.79 Å². The molecule has 0 atom stereocenters. The van der Waals surface area contributed by atoms with Crippen molar-refractivity contribution in [2.24, 2.45) is 0 Å². The maximum atomic E-state index is 10.4. The van der Waals surface area contributed by atoms with E-state index in [0.717, 1.165) is 11.1 Å². The van der Waals surface area contributed by atoms with Gasteiger partial charge in [0.05, 0.1) is 11.9 Å². The fourth-order valence-electron chi connectivity index (χ4n) is 1.24. The Kier molecular flexibility index (Phi) is 1.73. The van der Waals surface area contributed by atoms with Gasteiger partial charge in [0, 0.05) is 12.4 Å². The molecule has 0 radical (unpaired) electrons. The van der Waals surface area contributed by atoms with E-state index in [1.807, 2.05) is 12.1 Å². The van der Waals surface area contributed by atoms with Crippen molar-refractivity contribution in [1.82, 2.24) is 9.61 Å². The first-order valence-electron chi connectivity index (χ1n) is 3.90. The van der Waals surface area contributed by atoms with Crippen molar-refractivity contribution in [2.45, 2.75) is 6.42 Å². The molecule has 0 aliphatic heterocycles. The monoisotopic (exact) mass is 176 g/mol. The third-order valence-corrected chi connectivity index (χ3v) is 1.81. The Morgan fingerprint density at radius 1 is 1.46 bits per heavy atom. The number of carboxylic acids is 1. The lowest BCUT2D eigenvalue weighted by atomic mass is 10.2. The lowest BCUT2D eigenvalue weighted by Crippen LogP contribution is -2.01. The van der Waals surface area contributed by atoms with Crippen molar-refractivity contribution >= 4 is 11.5 Å². The van der Waals surface area contributed by atoms with Gasteiger partial charge >= 0.3 is 5.97 Å². The van der Waals surface area contributed by atoms with Crippen molar-refractivity contribution in [3.8, 4) is 0 Å². The quantitative estimate of drug-likeness (QED) is 0.741. The standard InChI is InChI=1S/C9H8N2O2/c12-9(13)5-7-1-2-8-3-4-10-11(8)6-7/h1-4,6H,5H2,(H,12,13). The average molecular weight is 176 g/mol. The summed E-state index contributed by atoms with van der Waals surface area (Å²) in [6, 6.07) is 5.51. The van der Waals surface area contributed by atoms with Crippen LogP contribution in [0, 0.1) is 0 Å². The average Bonchev–Trinajstić information content (AvgIpc) is 2.49. The zero-order valence-electron chi connectivity index (χ0n) is 6.84. The van der Waals surface area contributed by atoms with E-state index in [-0.39, 0.29) is 6.42 Å². The third kappa shape index (κ3) is 1.51. The van der Waals surface area contributed by atoms with Crippen molar-refractivity contribution < 1.29 is 9.90 Å². The molecule has 0 aromatic carbocycles. The van der Waals surface area contributed by atoms with Gasteiger partial charge in [-0.25, -0.2) is 4.52 Å². The fraction of sp³-hybridized carbons (Fsp3) is 0.111. The van der Waals surface area contributed by atoms with Crippen LogP contribution in [0.2, 0.25) is 0 Å². The molecule has 2 aromatic rings. The van der Waals surface area contributed by atoms with E-state index >= 15 is 0 Å². The molecule has 0 amide bonds. The molecule has 4 heteroatoms. The predicted molar refractivity (Wildman–Crippen MR) is 46.5 cm³/mol. The largest absolute Gasteiger partial charge is 0.481 e. The van der Waals surface area contributed by atoms with Crippen LogP contribution in [0.15, 0.2) is 30.6 Å². The molecular formula is C9H8N2O2. The van der Waals surface area contributed by atoms with Crippen molar-refractivity contribution in [2.75, 3.05) is 0 Å². The number of rotatable bonds is 2. The highest BCUT2D eigenvalue weighted by Crippen LogP contribution is 2.05. The van der Waals surface area contributed by atoms with Crippen LogP contribution in [-0.4, -0.2) is 20.7 Å². The van der Waals surface area contributed by atoms with Crippen LogP contribution in [0.1, 0.15) is 5.56 Å². The van der Waals surface area contributed by atoms with Crippen LogP contribution in [0.25, 0.3) is 5.52 Å². The first-order chi connectivity index (χ1) is 6.25. The fourth-order valence-corrected chi connectivity index (χ4v) is 1.24. The van der Waals surface area contributed by atoms with Gasteiger partial charge in [-0.05, 0) is 17.7 Å². The summed E-state index contributed by atoms with van der Waals surface area (Å²) in [6.07, 6.45) is 3.44. The van der Waals surface area contributed by atoms with Gasteiger partial charge < -0.3 is 5.11 Å². The van der Waals surface area contributed by atoms with Crippen LogP contribution in [0.4, 0.5) is 0 Å². The van der Waals surface area contributed by atoms with Gasteiger partial charge in [-0.3, -0.25) is 4.79 Å². The van der Waals surface area contributed by atoms with Gasteiger partial charge in [0.2, 0.25) is 0 Å². The molecule has 0 saturated heterocycles. The maximum Gasteiger partial charge on any atom is 0.307 e. The minimum atomic E-state index is -0.827. The molecule has 2 rings (SSSR count). The number of aromatic nitrogens is 2. The van der Waals surface area contributed by atoms with Crippen LogP contribution < -0.4 is 0 Å². The Bertz CT molecular complexity index is 448. The van der Waals surface area contributed by atoms with Gasteiger partial charge in [-0.2, -0.15) is 5.10 Å². The molecule has 13 heavy (non-hydrogen) atoms. The lowest BCUT2D eigenvalue weighted by molar-refractivity contribution is -0.136. The molecule has 0 fully saturated rings. The Hall–Kier alpha value is -1.84. The second kappa shape index (κ2) is 2.90. The zero-order chi connectivity index (χ0) is 9.26. The molecule has 0 spiro atoms. The molecule has 0 bridgehead atoms. The topological polar surface area (TPSA) is 54.6 Å². The van der Waals surface area contributed by atoms with Gasteiger partial charge in [-0.15, -0.1) is 0 Å². The van der Waals surface area contributed by atoms with E-state index in [2.05, 4.69) is 5.10 Å². The number of hydrogen-bond acceptors (Lipinski definition) is 2. The van der Waals surface area contributed by atoms with Gasteiger partial charge in [-0.1, -0.05) is 6.07 Å². The molecule has 1 N–H and O–H groups in total. The van der Waals surface area contributed by atoms with Crippen LogP contribution >= 0.6 is 0 Å². The number of hydrogen-bond donors (Lipinski definition) is 1. The predicted octanol–water partition coefficient (Wildman–Crippen LogP) is 0.961. The smallest absolute Gasteiger partial charge is 0.307 e. The van der Waals surface area contributed by atoms with E-state index in [0.29, 0.717) is 0 Å². The van der Waals surface area contributed by atoms with Crippen molar-refractivity contribution in [3.05, 3.63) is 36.2 Å². The molecule has 0 aliphatic rings. The van der Waals surface area contributed by atoms with E-state index < -0.39 is 5.97 Å². The molecule has 0 unspecified atom stereocenters. The summed E-state index contributed by atoms with van der Waals surface area (Å²) in [7, 11) is 0. The highest BCUT2D eigenvalue weighted by atomic mass is 16.4. The molecule has 0 aliphatic carbocycles. The Labute approximate surface area is 74.4 Å². The Morgan fingerprint density at radius 3 is 3.08 bits per heavy atom. The number of nitrogens with zero attached hydrogens (tertiary/aromatic N) is 2. The molecule has 2 aromatic heterocycles. The number of carboxylic acid groups (broad SMARTS) is 1. The molecule has 2 heterocycles. The first-order valence-corrected chi connectivity index (χ1v) is 3.90. The second-order valence-electron chi connectivity index (χ2n) is 2.81. The minimum absolute atomic E-state index is 0.0375. The number of aliphatic carboxylic acids is 1. The highest BCUT2D eigenvalue weighted by Gasteiger charge is 2.01. The highest BCUT2D eigenvalue weighted by molar-refractivity contribution is 5.70. The number of fused-ring (bicyclic) bond motifs is 1. The van der Waals surface area contributed by atoms with Crippen LogP contribution in [0.5, 0.6) is 0 Å². The summed E-state index contributed by atoms with van der Waals surface area (Å²) in [6.45, 7) is 0. The van der Waals surface area contributed by atoms with Crippen LogP contribution in [-0.2, 0) is 11.2 Å². The van der Waals surface area contributed by atoms with Crippen molar-refractivity contribution in [1.29, 1.82) is 0 Å². The van der Waals surface area contributed by atoms with Crippen LogP contribution in [0.3, 0.4) is 0 Å². The Balaban J connectivity index is 2.42. The van der Waals surface area contributed by atoms with Gasteiger partial charge in [0.25, 0.3) is 0 Å². The van der Waals surface area contributed by atoms with Crippen molar-refractivity contribution in [3.63, 3.8) is 0 Å². The third-order valence-electron chi connectivity index (χ3n) is 1.81. The number of carbonyl (C=O) groups is 1. The summed E-state index contributed by atoms with van der Waals surface area (Å²) < 4.78 is 1.66. The van der Waals surface area contributed by atoms with Gasteiger partial charge in [0.15, 0.2) is 0 Å². The maximum absolute atomic E-state index is 10.4. The minimum Gasteiger partial charge on any atom is -0.481 e. The summed E-state index contributed by atoms with van der Waals surface area (Å²) >= 11 is 0. The van der Waals surface area contributed by atoms with Gasteiger partial charge in [0.1, 0.15) is 0 Å². The number of pyridine rings is 1. The normalized spacial score (nSPS) is 10.5. The molecule has 4 nitrogen and oxygen atoms in total. The molecular weight excluding hydrogens is 168 g/mol. The Morgan fingerprint density at radius 2 is 2.31 bits per heavy atom. The van der Waals surface area contributed by atoms with E-state index in [1.54, 1.807) is 23.0 Å². The molecule has 0 saturated carbocycles.